The van der Waals surface area contributed by atoms with Gasteiger partial charge in [-0.15, -0.1) is 0 Å². The lowest BCUT2D eigenvalue weighted by Crippen LogP contribution is -2.48. The van der Waals surface area contributed by atoms with E-state index in [1.165, 1.54) is 16.6 Å². The minimum atomic E-state index is -3.63. The van der Waals surface area contributed by atoms with Crippen LogP contribution in [-0.2, 0) is 10.0 Å². The third-order valence-corrected chi connectivity index (χ3v) is 6.17. The Morgan fingerprint density at radius 2 is 1.78 bits per heavy atom. The van der Waals surface area contributed by atoms with Crippen LogP contribution in [0.1, 0.15) is 0 Å². The first-order valence-electron chi connectivity index (χ1n) is 6.95. The monoisotopic (exact) mass is 372 g/mol. The van der Waals surface area contributed by atoms with Gasteiger partial charge in [0, 0.05) is 38.6 Å². The Hall–Kier alpha value is -1.41. The molecule has 0 spiro atoms. The average Bonchev–Trinajstić information content (AvgIpc) is 2.58. The van der Waals surface area contributed by atoms with Crippen LogP contribution in [0.5, 0.6) is 0 Å². The molecular formula is C14H14Cl2N4O2S. The van der Waals surface area contributed by atoms with Crippen LogP contribution in [0.4, 0.5) is 5.82 Å². The molecule has 1 aliphatic heterocycles. The van der Waals surface area contributed by atoms with E-state index in [1.807, 2.05) is 18.2 Å². The molecule has 1 aliphatic rings. The van der Waals surface area contributed by atoms with Gasteiger partial charge in [-0.25, -0.2) is 18.4 Å². The smallest absolute Gasteiger partial charge is 0.244 e. The van der Waals surface area contributed by atoms with Crippen LogP contribution >= 0.6 is 23.2 Å². The van der Waals surface area contributed by atoms with Gasteiger partial charge >= 0.3 is 0 Å². The van der Waals surface area contributed by atoms with Crippen molar-refractivity contribution in [2.24, 2.45) is 0 Å². The summed E-state index contributed by atoms with van der Waals surface area (Å²) < 4.78 is 26.7. The molecule has 0 saturated carbocycles. The Balaban J connectivity index is 1.75. The number of piperazine rings is 1. The number of nitrogens with zero attached hydrogens (tertiary/aromatic N) is 4. The Morgan fingerprint density at radius 3 is 2.39 bits per heavy atom. The van der Waals surface area contributed by atoms with E-state index in [-0.39, 0.29) is 15.1 Å². The van der Waals surface area contributed by atoms with E-state index in [0.29, 0.717) is 26.2 Å². The van der Waals surface area contributed by atoms with Gasteiger partial charge in [0.1, 0.15) is 15.9 Å². The number of anilines is 1. The Kier molecular flexibility index (Phi) is 4.72. The van der Waals surface area contributed by atoms with Gasteiger partial charge < -0.3 is 4.90 Å². The fourth-order valence-corrected chi connectivity index (χ4v) is 4.12. The largest absolute Gasteiger partial charge is 0.354 e. The molecule has 0 amide bonds. The number of pyridine rings is 2. The molecule has 0 radical (unpaired) electrons. The van der Waals surface area contributed by atoms with Crippen LogP contribution in [0.15, 0.2) is 41.6 Å². The lowest BCUT2D eigenvalue weighted by Gasteiger charge is -2.34. The topological polar surface area (TPSA) is 66.4 Å². The second-order valence-electron chi connectivity index (χ2n) is 5.02. The highest BCUT2D eigenvalue weighted by molar-refractivity contribution is 7.89. The lowest BCUT2D eigenvalue weighted by atomic mass is 10.3. The maximum absolute atomic E-state index is 12.6. The molecule has 0 aromatic carbocycles. The second kappa shape index (κ2) is 6.60. The maximum atomic E-state index is 12.6. The molecule has 0 aliphatic carbocycles. The highest BCUT2D eigenvalue weighted by Gasteiger charge is 2.29. The summed E-state index contributed by atoms with van der Waals surface area (Å²) in [6, 6.07) is 7.00. The number of rotatable bonds is 3. The van der Waals surface area contributed by atoms with E-state index in [9.17, 15) is 8.42 Å². The first-order valence-corrected chi connectivity index (χ1v) is 9.15. The molecule has 3 rings (SSSR count). The SMILES string of the molecule is O=S(=O)(c1cnc(Cl)c(Cl)c1)N1CCN(c2ccccn2)CC1. The van der Waals surface area contributed by atoms with Crippen LogP contribution in [0.2, 0.25) is 10.2 Å². The van der Waals surface area contributed by atoms with Crippen LogP contribution in [0.25, 0.3) is 0 Å². The molecule has 0 unspecified atom stereocenters. The summed E-state index contributed by atoms with van der Waals surface area (Å²) in [6.07, 6.45) is 2.95. The third kappa shape index (κ3) is 3.42. The van der Waals surface area contributed by atoms with Crippen molar-refractivity contribution in [2.75, 3.05) is 31.1 Å². The van der Waals surface area contributed by atoms with Crippen molar-refractivity contribution in [3.8, 4) is 0 Å². The second-order valence-corrected chi connectivity index (χ2v) is 7.73. The number of hydrogen-bond acceptors (Lipinski definition) is 5. The van der Waals surface area contributed by atoms with E-state index in [1.54, 1.807) is 6.20 Å². The zero-order valence-corrected chi connectivity index (χ0v) is 14.4. The summed E-state index contributed by atoms with van der Waals surface area (Å²) in [5, 5.41) is 0.213. The number of hydrogen-bond donors (Lipinski definition) is 0. The first kappa shape index (κ1) is 16.4. The molecule has 6 nitrogen and oxygen atoms in total. The number of aromatic nitrogens is 2. The Morgan fingerprint density at radius 1 is 1.04 bits per heavy atom. The maximum Gasteiger partial charge on any atom is 0.244 e. The number of halogens is 2. The van der Waals surface area contributed by atoms with Gasteiger partial charge in [0.05, 0.1) is 5.02 Å². The molecular weight excluding hydrogens is 359 g/mol. The molecule has 0 N–H and O–H groups in total. The van der Waals surface area contributed by atoms with Gasteiger partial charge in [-0.1, -0.05) is 29.3 Å². The molecule has 1 fully saturated rings. The highest BCUT2D eigenvalue weighted by atomic mass is 35.5. The third-order valence-electron chi connectivity index (χ3n) is 3.62. The zero-order valence-electron chi connectivity index (χ0n) is 12.1. The normalized spacial score (nSPS) is 16.5. The van der Waals surface area contributed by atoms with Crippen LogP contribution in [0.3, 0.4) is 0 Å². The van der Waals surface area contributed by atoms with Crippen molar-refractivity contribution in [1.82, 2.24) is 14.3 Å². The minimum absolute atomic E-state index is 0.0539. The van der Waals surface area contributed by atoms with E-state index in [0.717, 1.165) is 5.82 Å². The highest BCUT2D eigenvalue weighted by Crippen LogP contribution is 2.25. The molecule has 3 heterocycles. The van der Waals surface area contributed by atoms with Crippen LogP contribution in [0, 0.1) is 0 Å². The standard InChI is InChI=1S/C14H14Cl2N4O2S/c15-12-9-11(10-18-14(12)16)23(21,22)20-7-5-19(6-8-20)13-3-1-2-4-17-13/h1-4,9-10H,5-8H2. The first-order chi connectivity index (χ1) is 11.0. The van der Waals surface area contributed by atoms with Gasteiger partial charge in [-0.3, -0.25) is 0 Å². The molecule has 0 atom stereocenters. The van der Waals surface area contributed by atoms with E-state index in [2.05, 4.69) is 14.9 Å². The van der Waals surface area contributed by atoms with Gasteiger partial charge in [-0.2, -0.15) is 4.31 Å². The minimum Gasteiger partial charge on any atom is -0.354 e. The summed E-state index contributed by atoms with van der Waals surface area (Å²) in [5.74, 6) is 0.848. The van der Waals surface area contributed by atoms with Crippen molar-refractivity contribution in [3.05, 3.63) is 46.8 Å². The van der Waals surface area contributed by atoms with Crippen LogP contribution in [-0.4, -0.2) is 48.9 Å². The van der Waals surface area contributed by atoms with Crippen molar-refractivity contribution < 1.29 is 8.42 Å². The molecule has 23 heavy (non-hydrogen) atoms. The van der Waals surface area contributed by atoms with Gasteiger partial charge in [0.15, 0.2) is 0 Å². The van der Waals surface area contributed by atoms with Gasteiger partial charge in [0.25, 0.3) is 0 Å². The lowest BCUT2D eigenvalue weighted by molar-refractivity contribution is 0.383. The summed E-state index contributed by atoms with van der Waals surface area (Å²) in [7, 11) is -3.63. The molecule has 0 bridgehead atoms. The summed E-state index contributed by atoms with van der Waals surface area (Å²) in [4.78, 5) is 10.2. The quantitative estimate of drug-likeness (QED) is 0.773. The average molecular weight is 373 g/mol. The van der Waals surface area contributed by atoms with Crippen LogP contribution < -0.4 is 4.90 Å². The summed E-state index contributed by atoms with van der Waals surface area (Å²) in [5.41, 5.74) is 0. The Bertz CT molecular complexity index is 794. The molecule has 9 heteroatoms. The molecule has 2 aromatic rings. The van der Waals surface area contributed by atoms with E-state index >= 15 is 0 Å². The van der Waals surface area contributed by atoms with E-state index < -0.39 is 10.0 Å². The molecule has 1 saturated heterocycles. The van der Waals surface area contributed by atoms with Gasteiger partial charge in [-0.05, 0) is 18.2 Å². The van der Waals surface area contributed by atoms with Crippen molar-refractivity contribution >= 4 is 39.0 Å². The Labute approximate surface area is 144 Å². The zero-order chi connectivity index (χ0) is 16.4. The summed E-state index contributed by atoms with van der Waals surface area (Å²) >= 11 is 11.6. The van der Waals surface area contributed by atoms with Gasteiger partial charge in [0.2, 0.25) is 10.0 Å². The van der Waals surface area contributed by atoms with Crippen molar-refractivity contribution in [2.45, 2.75) is 4.90 Å². The molecule has 122 valence electrons. The fraction of sp³-hybridized carbons (Fsp3) is 0.286. The predicted molar refractivity (Wildman–Crippen MR) is 89.5 cm³/mol. The number of sulfonamides is 1. The fourth-order valence-electron chi connectivity index (χ4n) is 2.39. The molecule has 2 aromatic heterocycles. The summed E-state index contributed by atoms with van der Waals surface area (Å²) in [6.45, 7) is 1.90. The predicted octanol–water partition coefficient (Wildman–Crippen LogP) is 2.29. The van der Waals surface area contributed by atoms with Crippen molar-refractivity contribution in [3.63, 3.8) is 0 Å². The van der Waals surface area contributed by atoms with Crippen molar-refractivity contribution in [1.29, 1.82) is 0 Å². The van der Waals surface area contributed by atoms with E-state index in [4.69, 9.17) is 23.2 Å².